The summed E-state index contributed by atoms with van der Waals surface area (Å²) in [5.74, 6) is 0.761. The van der Waals surface area contributed by atoms with Crippen molar-refractivity contribution in [2.24, 2.45) is 11.3 Å². The third-order valence-electron chi connectivity index (χ3n) is 5.01. The minimum Gasteiger partial charge on any atom is -0.384 e. The summed E-state index contributed by atoms with van der Waals surface area (Å²) < 4.78 is 5.36. The summed E-state index contributed by atoms with van der Waals surface area (Å²) >= 11 is 3.82. The highest BCUT2D eigenvalue weighted by molar-refractivity contribution is 9.09. The summed E-state index contributed by atoms with van der Waals surface area (Å²) in [6, 6.07) is 0. The standard InChI is InChI=1S/C16H30BrNO/c1-19-12-15-7-6-10-18(11-15)14-16(13-17)8-4-2-3-5-9-16/h15H,2-14H2,1H3. The number of piperidine rings is 1. The average Bonchev–Trinajstić information content (AvgIpc) is 2.66. The van der Waals surface area contributed by atoms with E-state index in [1.54, 1.807) is 0 Å². The van der Waals surface area contributed by atoms with E-state index in [-0.39, 0.29) is 0 Å². The van der Waals surface area contributed by atoms with Gasteiger partial charge in [0.25, 0.3) is 0 Å². The van der Waals surface area contributed by atoms with Crippen LogP contribution in [0.4, 0.5) is 0 Å². The third kappa shape index (κ3) is 4.71. The predicted octanol–water partition coefficient (Wildman–Crippen LogP) is 4.08. The molecular formula is C16H30BrNO. The zero-order valence-electron chi connectivity index (χ0n) is 12.5. The van der Waals surface area contributed by atoms with E-state index < -0.39 is 0 Å². The van der Waals surface area contributed by atoms with Crippen LogP contribution in [-0.2, 0) is 4.74 Å². The van der Waals surface area contributed by atoms with Gasteiger partial charge in [0.15, 0.2) is 0 Å². The van der Waals surface area contributed by atoms with Gasteiger partial charge in [-0.15, -0.1) is 0 Å². The minimum atomic E-state index is 0.547. The maximum Gasteiger partial charge on any atom is 0.0502 e. The number of alkyl halides is 1. The van der Waals surface area contributed by atoms with Gasteiger partial charge < -0.3 is 9.64 Å². The van der Waals surface area contributed by atoms with Crippen molar-refractivity contribution in [2.45, 2.75) is 51.4 Å². The molecule has 1 aliphatic carbocycles. The zero-order chi connectivity index (χ0) is 13.6. The molecule has 112 valence electrons. The van der Waals surface area contributed by atoms with Gasteiger partial charge in [-0.2, -0.15) is 0 Å². The number of methoxy groups -OCH3 is 1. The molecule has 3 heteroatoms. The molecule has 1 heterocycles. The average molecular weight is 332 g/mol. The van der Waals surface area contributed by atoms with Crippen LogP contribution in [0.2, 0.25) is 0 Å². The number of hydrogen-bond acceptors (Lipinski definition) is 2. The molecule has 0 spiro atoms. The lowest BCUT2D eigenvalue weighted by molar-refractivity contribution is 0.0639. The van der Waals surface area contributed by atoms with Gasteiger partial charge in [-0.1, -0.05) is 41.6 Å². The van der Waals surface area contributed by atoms with Crippen molar-refractivity contribution in [1.82, 2.24) is 4.90 Å². The molecule has 1 saturated heterocycles. The third-order valence-corrected chi connectivity index (χ3v) is 6.20. The lowest BCUT2D eigenvalue weighted by Gasteiger charge is -2.40. The van der Waals surface area contributed by atoms with Crippen molar-refractivity contribution in [2.75, 3.05) is 38.7 Å². The Bertz CT molecular complexity index is 249. The number of rotatable bonds is 5. The molecule has 2 rings (SSSR count). The Morgan fingerprint density at radius 3 is 2.53 bits per heavy atom. The van der Waals surface area contributed by atoms with Gasteiger partial charge in [-0.3, -0.25) is 0 Å². The Balaban J connectivity index is 1.89. The van der Waals surface area contributed by atoms with Gasteiger partial charge in [-0.05, 0) is 43.6 Å². The fraction of sp³-hybridized carbons (Fsp3) is 1.00. The van der Waals surface area contributed by atoms with E-state index in [0.717, 1.165) is 12.5 Å². The topological polar surface area (TPSA) is 12.5 Å². The molecule has 2 fully saturated rings. The molecule has 2 nitrogen and oxygen atoms in total. The number of ether oxygens (including phenoxy) is 1. The Morgan fingerprint density at radius 2 is 1.89 bits per heavy atom. The highest BCUT2D eigenvalue weighted by Gasteiger charge is 2.33. The Hall–Kier alpha value is 0.400. The second kappa shape index (κ2) is 7.99. The highest BCUT2D eigenvalue weighted by atomic mass is 79.9. The largest absolute Gasteiger partial charge is 0.384 e. The first kappa shape index (κ1) is 15.8. The van der Waals surface area contributed by atoms with Crippen LogP contribution >= 0.6 is 15.9 Å². The number of likely N-dealkylation sites (tertiary alicyclic amines) is 1. The second-order valence-corrected chi connectivity index (χ2v) is 7.31. The lowest BCUT2D eigenvalue weighted by Crippen LogP contribution is -2.44. The summed E-state index contributed by atoms with van der Waals surface area (Å²) in [5.41, 5.74) is 0.547. The van der Waals surface area contributed by atoms with Gasteiger partial charge in [-0.25, -0.2) is 0 Å². The molecule has 1 unspecified atom stereocenters. The Morgan fingerprint density at radius 1 is 1.16 bits per heavy atom. The molecule has 1 atom stereocenters. The van der Waals surface area contributed by atoms with Crippen molar-refractivity contribution < 1.29 is 4.74 Å². The molecule has 1 saturated carbocycles. The number of hydrogen-bond donors (Lipinski definition) is 0. The van der Waals surface area contributed by atoms with Gasteiger partial charge >= 0.3 is 0 Å². The summed E-state index contributed by atoms with van der Waals surface area (Å²) in [6.07, 6.45) is 11.3. The quantitative estimate of drug-likeness (QED) is 0.556. The maximum atomic E-state index is 5.36. The van der Waals surface area contributed by atoms with Gasteiger partial charge in [0.1, 0.15) is 0 Å². The molecule has 0 amide bonds. The predicted molar refractivity (Wildman–Crippen MR) is 85.0 cm³/mol. The summed E-state index contributed by atoms with van der Waals surface area (Å²) in [6.45, 7) is 4.80. The van der Waals surface area contributed by atoms with Crippen LogP contribution in [0, 0.1) is 11.3 Å². The van der Waals surface area contributed by atoms with Crippen molar-refractivity contribution in [3.63, 3.8) is 0 Å². The normalized spacial score (nSPS) is 29.1. The molecule has 0 aromatic heterocycles. The number of halogens is 1. The minimum absolute atomic E-state index is 0.547. The van der Waals surface area contributed by atoms with Crippen LogP contribution in [0.15, 0.2) is 0 Å². The van der Waals surface area contributed by atoms with Crippen LogP contribution in [0.3, 0.4) is 0 Å². The first-order valence-corrected chi connectivity index (χ1v) is 9.17. The molecular weight excluding hydrogens is 302 g/mol. The van der Waals surface area contributed by atoms with Crippen LogP contribution in [0.1, 0.15) is 51.4 Å². The van der Waals surface area contributed by atoms with Crippen molar-refractivity contribution >= 4 is 15.9 Å². The van der Waals surface area contributed by atoms with E-state index in [0.29, 0.717) is 5.41 Å². The van der Waals surface area contributed by atoms with E-state index in [4.69, 9.17) is 4.74 Å². The molecule has 0 bridgehead atoms. The fourth-order valence-electron chi connectivity index (χ4n) is 3.95. The zero-order valence-corrected chi connectivity index (χ0v) is 14.1. The van der Waals surface area contributed by atoms with Crippen LogP contribution in [0.5, 0.6) is 0 Å². The van der Waals surface area contributed by atoms with Crippen molar-refractivity contribution in [3.05, 3.63) is 0 Å². The van der Waals surface area contributed by atoms with Crippen molar-refractivity contribution in [1.29, 1.82) is 0 Å². The van der Waals surface area contributed by atoms with E-state index >= 15 is 0 Å². The van der Waals surface area contributed by atoms with Crippen LogP contribution in [0.25, 0.3) is 0 Å². The van der Waals surface area contributed by atoms with Gasteiger partial charge in [0.2, 0.25) is 0 Å². The molecule has 2 aliphatic rings. The summed E-state index contributed by atoms with van der Waals surface area (Å²) in [4.78, 5) is 2.72. The van der Waals surface area contributed by atoms with E-state index in [9.17, 15) is 0 Å². The number of nitrogens with zero attached hydrogens (tertiary/aromatic N) is 1. The summed E-state index contributed by atoms with van der Waals surface area (Å²) in [7, 11) is 1.84. The highest BCUT2D eigenvalue weighted by Crippen LogP contribution is 2.38. The Kier molecular flexibility index (Phi) is 6.64. The van der Waals surface area contributed by atoms with Gasteiger partial charge in [0.05, 0.1) is 6.61 Å². The molecule has 0 radical (unpaired) electrons. The van der Waals surface area contributed by atoms with Crippen molar-refractivity contribution in [3.8, 4) is 0 Å². The molecule has 0 N–H and O–H groups in total. The first-order chi connectivity index (χ1) is 9.28. The van der Waals surface area contributed by atoms with Crippen LogP contribution < -0.4 is 0 Å². The fourth-order valence-corrected chi connectivity index (χ4v) is 4.69. The molecule has 1 aliphatic heterocycles. The lowest BCUT2D eigenvalue weighted by atomic mass is 9.81. The maximum absolute atomic E-state index is 5.36. The van der Waals surface area contributed by atoms with E-state index in [2.05, 4.69) is 20.8 Å². The van der Waals surface area contributed by atoms with E-state index in [1.807, 2.05) is 7.11 Å². The van der Waals surface area contributed by atoms with E-state index in [1.165, 1.54) is 76.3 Å². The van der Waals surface area contributed by atoms with Gasteiger partial charge in [0, 0.05) is 25.5 Å². The molecule has 19 heavy (non-hydrogen) atoms. The summed E-state index contributed by atoms with van der Waals surface area (Å²) in [5, 5.41) is 1.19. The Labute approximate surface area is 127 Å². The smallest absolute Gasteiger partial charge is 0.0502 e. The second-order valence-electron chi connectivity index (χ2n) is 6.75. The SMILES string of the molecule is COCC1CCCN(CC2(CBr)CCCCCC2)C1. The molecule has 0 aromatic rings. The first-order valence-electron chi connectivity index (χ1n) is 8.05. The monoisotopic (exact) mass is 331 g/mol. The van der Waals surface area contributed by atoms with Crippen LogP contribution in [-0.4, -0.2) is 43.6 Å². The molecule has 0 aromatic carbocycles.